The number of carboxylic acids is 1. The molecule has 3 N–H and O–H groups in total. The van der Waals surface area contributed by atoms with E-state index in [2.05, 4.69) is 6.92 Å². The molecule has 4 heteroatoms. The summed E-state index contributed by atoms with van der Waals surface area (Å²) in [6.45, 7) is 3.76. The van der Waals surface area contributed by atoms with E-state index < -0.39 is 17.3 Å². The van der Waals surface area contributed by atoms with Gasteiger partial charge in [0.2, 0.25) is 0 Å². The zero-order chi connectivity index (χ0) is 17.0. The number of rotatable bonds is 6. The van der Waals surface area contributed by atoms with Crippen LogP contribution in [-0.2, 0) is 10.2 Å². The first-order chi connectivity index (χ1) is 10.8. The monoisotopic (exact) mass is 314 g/mol. The average Bonchev–Trinajstić information content (AvgIpc) is 2.53. The molecule has 0 fully saturated rings. The Balaban J connectivity index is 2.39. The zero-order valence-corrected chi connectivity index (χ0v) is 13.4. The molecule has 0 heterocycles. The Bertz CT molecular complexity index is 613. The van der Waals surface area contributed by atoms with Gasteiger partial charge in [-0.25, -0.2) is 0 Å². The van der Waals surface area contributed by atoms with Gasteiger partial charge >= 0.3 is 5.97 Å². The molecule has 0 bridgehead atoms. The van der Waals surface area contributed by atoms with Gasteiger partial charge in [-0.05, 0) is 48.2 Å². The first-order valence-electron chi connectivity index (χ1n) is 7.65. The highest BCUT2D eigenvalue weighted by atomic mass is 16.4. The molecule has 2 aromatic rings. The topological polar surface area (TPSA) is 77.8 Å². The molecule has 0 amide bonds. The van der Waals surface area contributed by atoms with Crippen molar-refractivity contribution in [2.45, 2.75) is 32.1 Å². The third kappa shape index (κ3) is 3.83. The van der Waals surface area contributed by atoms with Gasteiger partial charge in [-0.3, -0.25) is 4.79 Å². The Hall–Kier alpha value is -2.49. The fourth-order valence-corrected chi connectivity index (χ4v) is 2.74. The molecular formula is C19H22O4. The molecule has 1 atom stereocenters. The first kappa shape index (κ1) is 16.9. The van der Waals surface area contributed by atoms with Crippen molar-refractivity contribution in [1.82, 2.24) is 0 Å². The number of hydrogen-bond acceptors (Lipinski definition) is 3. The summed E-state index contributed by atoms with van der Waals surface area (Å²) in [6, 6.07) is 14.0. The molecule has 4 nitrogen and oxygen atoms in total. The summed E-state index contributed by atoms with van der Waals surface area (Å²) in [7, 11) is 0. The predicted octanol–water partition coefficient (Wildman–Crippen LogP) is 3.90. The van der Waals surface area contributed by atoms with Gasteiger partial charge in [0.1, 0.15) is 11.5 Å². The van der Waals surface area contributed by atoms with Gasteiger partial charge in [-0.15, -0.1) is 0 Å². The first-order valence-corrected chi connectivity index (χ1v) is 7.65. The average molecular weight is 314 g/mol. The van der Waals surface area contributed by atoms with Crippen LogP contribution in [0.2, 0.25) is 0 Å². The van der Waals surface area contributed by atoms with Crippen molar-refractivity contribution < 1.29 is 20.1 Å². The fraction of sp³-hybridized carbons (Fsp3) is 0.316. The normalized spacial score (nSPS) is 12.8. The Morgan fingerprint density at radius 3 is 1.70 bits per heavy atom. The molecule has 0 spiro atoms. The van der Waals surface area contributed by atoms with Gasteiger partial charge < -0.3 is 15.3 Å². The summed E-state index contributed by atoms with van der Waals surface area (Å²) in [5, 5.41) is 28.1. The van der Waals surface area contributed by atoms with E-state index in [1.165, 1.54) is 0 Å². The maximum absolute atomic E-state index is 11.1. The third-order valence-corrected chi connectivity index (χ3v) is 4.51. The van der Waals surface area contributed by atoms with Crippen LogP contribution in [0.3, 0.4) is 0 Å². The van der Waals surface area contributed by atoms with Crippen LogP contribution in [0.15, 0.2) is 48.5 Å². The molecule has 0 radical (unpaired) electrons. The molecule has 23 heavy (non-hydrogen) atoms. The van der Waals surface area contributed by atoms with Crippen LogP contribution >= 0.6 is 0 Å². The van der Waals surface area contributed by atoms with Crippen LogP contribution < -0.4 is 0 Å². The Morgan fingerprint density at radius 2 is 1.35 bits per heavy atom. The summed E-state index contributed by atoms with van der Waals surface area (Å²) in [4.78, 5) is 11.1. The second-order valence-electron chi connectivity index (χ2n) is 6.20. The van der Waals surface area contributed by atoms with Gasteiger partial charge in [0.05, 0.1) is 5.92 Å². The number of phenolic OH excluding ortho intramolecular Hbond substituents is 2. The number of aliphatic carboxylic acids is 1. The van der Waals surface area contributed by atoms with Gasteiger partial charge in [0.25, 0.3) is 0 Å². The number of carboxylic acid groups (broad SMARTS) is 1. The van der Waals surface area contributed by atoms with Crippen LogP contribution in [-0.4, -0.2) is 21.3 Å². The maximum atomic E-state index is 11.1. The van der Waals surface area contributed by atoms with E-state index in [4.69, 9.17) is 5.11 Å². The quantitative estimate of drug-likeness (QED) is 0.755. The van der Waals surface area contributed by atoms with E-state index in [-0.39, 0.29) is 11.5 Å². The lowest BCUT2D eigenvalue weighted by Crippen LogP contribution is -2.25. The lowest BCUT2D eigenvalue weighted by Gasteiger charge is -2.32. The van der Waals surface area contributed by atoms with Crippen molar-refractivity contribution in [3.63, 3.8) is 0 Å². The molecule has 0 saturated carbocycles. The van der Waals surface area contributed by atoms with E-state index in [0.29, 0.717) is 12.8 Å². The SMILES string of the molecule is CC(CCC(C)(c1ccc(O)cc1)c1ccc(O)cc1)C(=O)O. The number of aromatic hydroxyl groups is 2. The van der Waals surface area contributed by atoms with Gasteiger partial charge in [0, 0.05) is 5.41 Å². The van der Waals surface area contributed by atoms with Crippen LogP contribution in [0.5, 0.6) is 11.5 Å². The van der Waals surface area contributed by atoms with Crippen LogP contribution in [0, 0.1) is 5.92 Å². The Morgan fingerprint density at radius 1 is 0.957 bits per heavy atom. The van der Waals surface area contributed by atoms with Gasteiger partial charge in [-0.2, -0.15) is 0 Å². The maximum Gasteiger partial charge on any atom is 0.306 e. The fourth-order valence-electron chi connectivity index (χ4n) is 2.74. The molecule has 122 valence electrons. The zero-order valence-electron chi connectivity index (χ0n) is 13.4. The number of benzene rings is 2. The van der Waals surface area contributed by atoms with Gasteiger partial charge in [-0.1, -0.05) is 38.1 Å². The predicted molar refractivity (Wildman–Crippen MR) is 88.7 cm³/mol. The molecule has 0 saturated heterocycles. The van der Waals surface area contributed by atoms with Crippen molar-refractivity contribution in [2.24, 2.45) is 5.92 Å². The summed E-state index contributed by atoms with van der Waals surface area (Å²) in [5.41, 5.74) is 1.60. The molecule has 0 aromatic heterocycles. The molecule has 0 aliphatic carbocycles. The van der Waals surface area contributed by atoms with E-state index >= 15 is 0 Å². The van der Waals surface area contributed by atoms with Crippen molar-refractivity contribution in [3.8, 4) is 11.5 Å². The minimum absolute atomic E-state index is 0.195. The minimum atomic E-state index is -0.802. The molecule has 2 rings (SSSR count). The van der Waals surface area contributed by atoms with E-state index in [1.54, 1.807) is 31.2 Å². The largest absolute Gasteiger partial charge is 0.508 e. The van der Waals surface area contributed by atoms with Crippen LogP contribution in [0.25, 0.3) is 0 Å². The van der Waals surface area contributed by atoms with Crippen LogP contribution in [0.1, 0.15) is 37.8 Å². The Kier molecular flexibility index (Phi) is 4.94. The van der Waals surface area contributed by atoms with Crippen LogP contribution in [0.4, 0.5) is 0 Å². The standard InChI is InChI=1S/C19H22O4/c1-13(18(22)23)11-12-19(2,14-3-7-16(20)8-4-14)15-5-9-17(21)10-6-15/h3-10,13,20-21H,11-12H2,1-2H3,(H,22,23). The van der Waals surface area contributed by atoms with Crippen molar-refractivity contribution in [3.05, 3.63) is 59.7 Å². The highest BCUT2D eigenvalue weighted by Gasteiger charge is 2.30. The highest BCUT2D eigenvalue weighted by Crippen LogP contribution is 2.38. The lowest BCUT2D eigenvalue weighted by atomic mass is 9.72. The molecule has 1 unspecified atom stereocenters. The molecule has 0 aliphatic rings. The van der Waals surface area contributed by atoms with E-state index in [9.17, 15) is 15.0 Å². The second-order valence-corrected chi connectivity index (χ2v) is 6.20. The van der Waals surface area contributed by atoms with E-state index in [1.807, 2.05) is 24.3 Å². The molecular weight excluding hydrogens is 292 g/mol. The summed E-state index contributed by atoms with van der Waals surface area (Å²) in [6.07, 6.45) is 1.18. The summed E-state index contributed by atoms with van der Waals surface area (Å²) < 4.78 is 0. The van der Waals surface area contributed by atoms with Crippen molar-refractivity contribution in [1.29, 1.82) is 0 Å². The third-order valence-electron chi connectivity index (χ3n) is 4.51. The van der Waals surface area contributed by atoms with E-state index in [0.717, 1.165) is 11.1 Å². The second kappa shape index (κ2) is 6.73. The number of phenols is 2. The summed E-state index contributed by atoms with van der Waals surface area (Å²) in [5.74, 6) is -0.839. The lowest BCUT2D eigenvalue weighted by molar-refractivity contribution is -0.141. The molecule has 0 aliphatic heterocycles. The highest BCUT2D eigenvalue weighted by molar-refractivity contribution is 5.69. The van der Waals surface area contributed by atoms with Crippen molar-refractivity contribution in [2.75, 3.05) is 0 Å². The smallest absolute Gasteiger partial charge is 0.306 e. The minimum Gasteiger partial charge on any atom is -0.508 e. The number of carbonyl (C=O) groups is 1. The number of hydrogen-bond donors (Lipinski definition) is 3. The van der Waals surface area contributed by atoms with Crippen molar-refractivity contribution >= 4 is 5.97 Å². The van der Waals surface area contributed by atoms with Gasteiger partial charge in [0.15, 0.2) is 0 Å². The molecule has 2 aromatic carbocycles. The Labute approximate surface area is 136 Å². The summed E-state index contributed by atoms with van der Waals surface area (Å²) >= 11 is 0.